The third-order valence-corrected chi connectivity index (χ3v) is 6.43. The van der Waals surface area contributed by atoms with Crippen molar-refractivity contribution in [2.75, 3.05) is 5.01 Å². The van der Waals surface area contributed by atoms with Gasteiger partial charge in [-0.25, -0.2) is 0 Å². The van der Waals surface area contributed by atoms with Crippen LogP contribution in [0.2, 0.25) is 0 Å². The lowest BCUT2D eigenvalue weighted by atomic mass is 9.83. The van der Waals surface area contributed by atoms with Crippen LogP contribution in [-0.4, -0.2) is 17.5 Å². The summed E-state index contributed by atoms with van der Waals surface area (Å²) in [5.41, 5.74) is 7.16. The molecule has 0 fully saturated rings. The molecule has 4 aromatic rings. The predicted octanol–water partition coefficient (Wildman–Crippen LogP) is 6.29. The molecule has 0 spiro atoms. The number of unbranched alkanes of at least 4 members (excludes halogenated alkanes) is 1. The van der Waals surface area contributed by atoms with Crippen molar-refractivity contribution in [1.82, 2.24) is 5.43 Å². The van der Waals surface area contributed by atoms with E-state index in [1.807, 2.05) is 30.3 Å². The lowest BCUT2D eigenvalue weighted by molar-refractivity contribution is 0.0951. The summed E-state index contributed by atoms with van der Waals surface area (Å²) in [6, 6.07) is 28.8. The normalized spacial score (nSPS) is 12.0. The number of nitrogens with zero attached hydrogens (tertiary/aromatic N) is 1. The first-order valence-corrected chi connectivity index (χ1v) is 12.1. The third-order valence-electron chi connectivity index (χ3n) is 6.43. The molecule has 1 N–H and O–H groups in total. The van der Waals surface area contributed by atoms with Crippen molar-refractivity contribution in [3.05, 3.63) is 130 Å². The minimum atomic E-state index is -0.321. The van der Waals surface area contributed by atoms with E-state index in [0.717, 1.165) is 19.3 Å². The Balaban J connectivity index is 1.61. The highest BCUT2D eigenvalue weighted by atomic mass is 16.2. The van der Waals surface area contributed by atoms with Crippen molar-refractivity contribution in [2.24, 2.45) is 0 Å². The van der Waals surface area contributed by atoms with Gasteiger partial charge in [0.25, 0.3) is 5.91 Å². The van der Waals surface area contributed by atoms with Gasteiger partial charge in [0.2, 0.25) is 0 Å². The average molecular weight is 475 g/mol. The van der Waals surface area contributed by atoms with Crippen LogP contribution in [-0.2, 0) is 6.42 Å². The van der Waals surface area contributed by atoms with Crippen molar-refractivity contribution in [2.45, 2.75) is 26.2 Å². The van der Waals surface area contributed by atoms with Crippen LogP contribution in [0.5, 0.6) is 0 Å². The van der Waals surface area contributed by atoms with Crippen molar-refractivity contribution < 1.29 is 14.4 Å². The average Bonchev–Trinajstić information content (AvgIpc) is 2.94. The zero-order valence-corrected chi connectivity index (χ0v) is 20.0. The van der Waals surface area contributed by atoms with E-state index in [1.54, 1.807) is 71.7 Å². The molecular weight excluding hydrogens is 448 g/mol. The summed E-state index contributed by atoms with van der Waals surface area (Å²) in [5, 5.41) is 1.61. The summed E-state index contributed by atoms with van der Waals surface area (Å²) < 4.78 is 0. The Bertz CT molecular complexity index is 1440. The van der Waals surface area contributed by atoms with Gasteiger partial charge in [0.1, 0.15) is 0 Å². The summed E-state index contributed by atoms with van der Waals surface area (Å²) in [6.45, 7) is 2.16. The van der Waals surface area contributed by atoms with Crippen molar-refractivity contribution >= 4 is 28.8 Å². The maximum absolute atomic E-state index is 13.6. The summed E-state index contributed by atoms with van der Waals surface area (Å²) in [7, 11) is 0. The number of hydrogen-bond acceptors (Lipinski definition) is 4. The number of aryl methyl sites for hydroxylation is 1. The molecule has 0 saturated carbocycles. The smallest absolute Gasteiger partial charge is 0.270 e. The Hall–Kier alpha value is -4.51. The number of benzene rings is 4. The van der Waals surface area contributed by atoms with Crippen molar-refractivity contribution in [3.8, 4) is 0 Å². The molecule has 178 valence electrons. The van der Waals surface area contributed by atoms with E-state index in [0.29, 0.717) is 33.6 Å². The number of carbonyl (C=O) groups excluding carboxylic acids is 3. The summed E-state index contributed by atoms with van der Waals surface area (Å²) in [4.78, 5) is 40.2. The Labute approximate surface area is 210 Å². The number of amides is 1. The van der Waals surface area contributed by atoms with E-state index < -0.39 is 0 Å². The van der Waals surface area contributed by atoms with E-state index in [1.165, 1.54) is 5.56 Å². The maximum atomic E-state index is 13.6. The zero-order valence-electron chi connectivity index (χ0n) is 20.0. The molecule has 36 heavy (non-hydrogen) atoms. The number of fused-ring (bicyclic) bond motifs is 2. The summed E-state index contributed by atoms with van der Waals surface area (Å²) in [6.07, 6.45) is 3.17. The van der Waals surface area contributed by atoms with Gasteiger partial charge in [-0.3, -0.25) is 24.8 Å². The van der Waals surface area contributed by atoms with Crippen LogP contribution < -0.4 is 10.4 Å². The number of carbonyl (C=O) groups is 3. The molecule has 0 radical (unpaired) electrons. The number of ketones is 2. The largest absolute Gasteiger partial charge is 0.289 e. The number of anilines is 2. The van der Waals surface area contributed by atoms with Gasteiger partial charge in [0.05, 0.1) is 16.9 Å². The Morgan fingerprint density at radius 1 is 0.722 bits per heavy atom. The number of hydrogen-bond donors (Lipinski definition) is 1. The molecule has 4 aromatic carbocycles. The minimum Gasteiger partial charge on any atom is -0.289 e. The van der Waals surface area contributed by atoms with Crippen LogP contribution >= 0.6 is 0 Å². The highest BCUT2D eigenvalue weighted by molar-refractivity contribution is 6.30. The molecule has 0 bridgehead atoms. The molecule has 5 nitrogen and oxygen atoms in total. The third kappa shape index (κ3) is 4.31. The number of hydrazine groups is 1. The molecule has 0 aliphatic heterocycles. The van der Waals surface area contributed by atoms with Gasteiger partial charge < -0.3 is 0 Å². The quantitative estimate of drug-likeness (QED) is 0.282. The molecule has 0 atom stereocenters. The maximum Gasteiger partial charge on any atom is 0.270 e. The highest BCUT2D eigenvalue weighted by Gasteiger charge is 2.33. The van der Waals surface area contributed by atoms with E-state index in [9.17, 15) is 14.4 Å². The molecule has 1 amide bonds. The van der Waals surface area contributed by atoms with Crippen molar-refractivity contribution in [1.29, 1.82) is 0 Å². The second kappa shape index (κ2) is 10.0. The monoisotopic (exact) mass is 474 g/mol. The lowest BCUT2D eigenvalue weighted by Crippen LogP contribution is -2.40. The zero-order chi connectivity index (χ0) is 25.1. The molecular formula is C31H26N2O3. The SMILES string of the molecule is CCCCc1ccc(N(NC(=O)c2ccccc2)c2cccc3c2C(=O)c2ccccc2C3=O)cc1. The van der Waals surface area contributed by atoms with Crippen LogP contribution in [0.3, 0.4) is 0 Å². The van der Waals surface area contributed by atoms with Crippen LogP contribution in [0.25, 0.3) is 0 Å². The fraction of sp³-hybridized carbons (Fsp3) is 0.129. The van der Waals surface area contributed by atoms with Gasteiger partial charge in [-0.2, -0.15) is 0 Å². The van der Waals surface area contributed by atoms with E-state index in [-0.39, 0.29) is 23.0 Å². The first-order valence-electron chi connectivity index (χ1n) is 12.1. The molecule has 1 aliphatic carbocycles. The second-order valence-electron chi connectivity index (χ2n) is 8.82. The van der Waals surface area contributed by atoms with Gasteiger partial charge in [-0.05, 0) is 48.7 Å². The molecule has 1 aliphatic rings. The first kappa shape index (κ1) is 23.2. The van der Waals surface area contributed by atoms with Crippen LogP contribution in [0.15, 0.2) is 97.1 Å². The van der Waals surface area contributed by atoms with Crippen molar-refractivity contribution in [3.63, 3.8) is 0 Å². The summed E-state index contributed by atoms with van der Waals surface area (Å²) >= 11 is 0. The summed E-state index contributed by atoms with van der Waals surface area (Å²) in [5.74, 6) is -0.765. The van der Waals surface area contributed by atoms with Crippen LogP contribution in [0.4, 0.5) is 11.4 Å². The first-order chi connectivity index (χ1) is 17.6. The molecule has 5 heteroatoms. The molecule has 5 rings (SSSR count). The molecule has 0 aromatic heterocycles. The van der Waals surface area contributed by atoms with Gasteiger partial charge >= 0.3 is 0 Å². The predicted molar refractivity (Wildman–Crippen MR) is 141 cm³/mol. The topological polar surface area (TPSA) is 66.5 Å². The van der Waals surface area contributed by atoms with E-state index >= 15 is 0 Å². The minimum absolute atomic E-state index is 0.203. The van der Waals surface area contributed by atoms with E-state index in [2.05, 4.69) is 12.3 Å². The fourth-order valence-corrected chi connectivity index (χ4v) is 4.53. The van der Waals surface area contributed by atoms with Crippen LogP contribution in [0, 0.1) is 0 Å². The van der Waals surface area contributed by atoms with Gasteiger partial charge in [0.15, 0.2) is 11.6 Å². The van der Waals surface area contributed by atoms with Crippen LogP contribution in [0.1, 0.15) is 67.5 Å². The molecule has 0 saturated heterocycles. The molecule has 0 unspecified atom stereocenters. The highest BCUT2D eigenvalue weighted by Crippen LogP contribution is 2.36. The number of rotatable bonds is 7. The lowest BCUT2D eigenvalue weighted by Gasteiger charge is -2.29. The number of nitrogens with one attached hydrogen (secondary N) is 1. The van der Waals surface area contributed by atoms with Gasteiger partial charge in [0, 0.05) is 22.3 Å². The van der Waals surface area contributed by atoms with E-state index in [4.69, 9.17) is 0 Å². The standard InChI is InChI=1S/C31H26N2O3/c1-2-3-10-21-17-19-23(20-18-21)33(32-31(36)22-11-5-4-6-12-22)27-16-9-15-26-28(27)30(35)25-14-8-7-13-24(25)29(26)34/h4-9,11-20H,2-3,10H2,1H3,(H,32,36). The molecule has 0 heterocycles. The fourth-order valence-electron chi connectivity index (χ4n) is 4.53. The van der Waals surface area contributed by atoms with Gasteiger partial charge in [-0.1, -0.05) is 80.1 Å². The second-order valence-corrected chi connectivity index (χ2v) is 8.82. The Morgan fingerprint density at radius 2 is 1.36 bits per heavy atom. The van der Waals surface area contributed by atoms with Gasteiger partial charge in [-0.15, -0.1) is 0 Å². The Morgan fingerprint density at radius 3 is 2.06 bits per heavy atom. The Kier molecular flexibility index (Phi) is 6.46.